The second-order valence-corrected chi connectivity index (χ2v) is 3.90. The second-order valence-electron chi connectivity index (χ2n) is 3.90. The van der Waals surface area contributed by atoms with Crippen molar-refractivity contribution in [2.24, 2.45) is 7.05 Å². The van der Waals surface area contributed by atoms with Crippen LogP contribution in [0.2, 0.25) is 0 Å². The summed E-state index contributed by atoms with van der Waals surface area (Å²) in [5.74, 6) is 0.777. The third-order valence-electron chi connectivity index (χ3n) is 2.67. The first-order valence-corrected chi connectivity index (χ1v) is 6.10. The average Bonchev–Trinajstić information content (AvgIpc) is 2.74. The van der Waals surface area contributed by atoms with Gasteiger partial charge in [0, 0.05) is 14.2 Å². The third-order valence-corrected chi connectivity index (χ3v) is 2.67. The van der Waals surface area contributed by atoms with Crippen LogP contribution in [0.15, 0.2) is 6.20 Å². The molecule has 1 unspecified atom stereocenters. The topological polar surface area (TPSA) is 57.5 Å². The fraction of sp³-hybridized carbons (Fsp3) is 0.750. The average molecular weight is 257 g/mol. The molecular weight excluding hydrogens is 234 g/mol. The summed E-state index contributed by atoms with van der Waals surface area (Å²) in [6, 6.07) is 0.0642. The lowest BCUT2D eigenvalue weighted by atomic mass is 10.2. The number of methoxy groups -OCH3 is 2. The molecule has 6 nitrogen and oxygen atoms in total. The molecule has 1 rings (SSSR count). The molecule has 0 aromatic carbocycles. The lowest BCUT2D eigenvalue weighted by molar-refractivity contribution is 0.0573. The van der Waals surface area contributed by atoms with Crippen LogP contribution in [0.5, 0.6) is 5.75 Å². The molecule has 1 atom stereocenters. The Morgan fingerprint density at radius 2 is 2.17 bits per heavy atom. The van der Waals surface area contributed by atoms with Gasteiger partial charge in [-0.05, 0) is 6.54 Å². The quantitative estimate of drug-likeness (QED) is 0.661. The number of nitrogens with one attached hydrogen (secondary N) is 1. The maximum atomic E-state index is 5.58. The Hall–Kier alpha value is -1.11. The highest BCUT2D eigenvalue weighted by Crippen LogP contribution is 2.24. The second kappa shape index (κ2) is 8.07. The highest BCUT2D eigenvalue weighted by Gasteiger charge is 2.20. The minimum absolute atomic E-state index is 0.0642. The lowest BCUT2D eigenvalue weighted by Crippen LogP contribution is -2.28. The highest BCUT2D eigenvalue weighted by molar-refractivity contribution is 5.28. The van der Waals surface area contributed by atoms with Crippen LogP contribution in [-0.4, -0.2) is 50.4 Å². The lowest BCUT2D eigenvalue weighted by Gasteiger charge is -2.19. The smallest absolute Gasteiger partial charge is 0.161 e. The Balaban J connectivity index is 2.67. The summed E-state index contributed by atoms with van der Waals surface area (Å²) in [5.41, 5.74) is 0.997. The number of rotatable bonds is 9. The van der Waals surface area contributed by atoms with Crippen molar-refractivity contribution in [3.05, 3.63) is 11.9 Å². The molecule has 0 amide bonds. The Kier molecular flexibility index (Phi) is 6.70. The maximum absolute atomic E-state index is 5.58. The fourth-order valence-corrected chi connectivity index (χ4v) is 1.81. The molecule has 1 aromatic heterocycles. The van der Waals surface area contributed by atoms with Gasteiger partial charge in [-0.3, -0.25) is 4.68 Å². The highest BCUT2D eigenvalue weighted by atomic mass is 16.5. The zero-order valence-electron chi connectivity index (χ0n) is 11.6. The molecule has 0 aliphatic carbocycles. The predicted molar refractivity (Wildman–Crippen MR) is 68.9 cm³/mol. The van der Waals surface area contributed by atoms with Crippen LogP contribution >= 0.6 is 0 Å². The van der Waals surface area contributed by atoms with Crippen molar-refractivity contribution in [2.45, 2.75) is 13.0 Å². The van der Waals surface area contributed by atoms with Crippen molar-refractivity contribution < 1.29 is 14.2 Å². The molecule has 0 spiro atoms. The van der Waals surface area contributed by atoms with E-state index in [-0.39, 0.29) is 6.04 Å². The zero-order valence-corrected chi connectivity index (χ0v) is 11.6. The van der Waals surface area contributed by atoms with Crippen LogP contribution in [0.1, 0.15) is 18.7 Å². The van der Waals surface area contributed by atoms with E-state index in [1.165, 1.54) is 0 Å². The zero-order chi connectivity index (χ0) is 13.4. The molecule has 1 heterocycles. The van der Waals surface area contributed by atoms with Gasteiger partial charge in [-0.25, -0.2) is 0 Å². The molecule has 0 saturated heterocycles. The number of aryl methyl sites for hydroxylation is 1. The van der Waals surface area contributed by atoms with E-state index in [1.54, 1.807) is 20.4 Å². The number of likely N-dealkylation sites (N-methyl/N-ethyl adjacent to an activating group) is 1. The molecule has 18 heavy (non-hydrogen) atoms. The monoisotopic (exact) mass is 257 g/mol. The van der Waals surface area contributed by atoms with Gasteiger partial charge in [-0.1, -0.05) is 6.92 Å². The Morgan fingerprint density at radius 3 is 2.78 bits per heavy atom. The Morgan fingerprint density at radius 1 is 1.39 bits per heavy atom. The summed E-state index contributed by atoms with van der Waals surface area (Å²) in [7, 11) is 5.21. The van der Waals surface area contributed by atoms with E-state index < -0.39 is 0 Å². The van der Waals surface area contributed by atoms with E-state index in [1.807, 2.05) is 11.7 Å². The molecule has 0 radical (unpaired) electrons. The maximum Gasteiger partial charge on any atom is 0.161 e. The predicted octanol–water partition coefficient (Wildman–Crippen LogP) is 0.742. The van der Waals surface area contributed by atoms with Crippen LogP contribution in [0.25, 0.3) is 0 Å². The van der Waals surface area contributed by atoms with Crippen molar-refractivity contribution in [1.29, 1.82) is 0 Å². The number of nitrogens with zero attached hydrogens (tertiary/aromatic N) is 2. The van der Waals surface area contributed by atoms with Crippen molar-refractivity contribution >= 4 is 0 Å². The van der Waals surface area contributed by atoms with Crippen molar-refractivity contribution in [1.82, 2.24) is 15.1 Å². The summed E-state index contributed by atoms with van der Waals surface area (Å²) in [6.45, 7) is 4.66. The van der Waals surface area contributed by atoms with Crippen LogP contribution in [0.3, 0.4) is 0 Å². The van der Waals surface area contributed by atoms with E-state index in [0.29, 0.717) is 19.8 Å². The van der Waals surface area contributed by atoms with Gasteiger partial charge in [0.2, 0.25) is 0 Å². The van der Waals surface area contributed by atoms with E-state index in [2.05, 4.69) is 17.3 Å². The van der Waals surface area contributed by atoms with Crippen LogP contribution in [0, 0.1) is 0 Å². The number of hydrogen-bond donors (Lipinski definition) is 1. The first kappa shape index (κ1) is 14.9. The molecule has 1 N–H and O–H groups in total. The summed E-state index contributed by atoms with van der Waals surface area (Å²) in [6.07, 6.45) is 1.72. The number of aromatic nitrogens is 2. The van der Waals surface area contributed by atoms with Crippen LogP contribution in [-0.2, 0) is 16.5 Å². The largest absolute Gasteiger partial charge is 0.493 e. The standard InChI is InChI=1S/C12H23N3O3/c1-5-13-10(9-18-7-6-16-3)12-11(17-4)8-14-15(12)2/h8,10,13H,5-7,9H2,1-4H3. The fourth-order valence-electron chi connectivity index (χ4n) is 1.81. The van der Waals surface area contributed by atoms with Crippen molar-refractivity contribution in [3.63, 3.8) is 0 Å². The summed E-state index contributed by atoms with van der Waals surface area (Å²) in [4.78, 5) is 0. The van der Waals surface area contributed by atoms with Gasteiger partial charge in [-0.2, -0.15) is 5.10 Å². The van der Waals surface area contributed by atoms with E-state index >= 15 is 0 Å². The molecule has 104 valence electrons. The molecule has 0 aliphatic heterocycles. The van der Waals surface area contributed by atoms with Gasteiger partial charge in [0.25, 0.3) is 0 Å². The van der Waals surface area contributed by atoms with E-state index in [4.69, 9.17) is 14.2 Å². The van der Waals surface area contributed by atoms with Gasteiger partial charge >= 0.3 is 0 Å². The van der Waals surface area contributed by atoms with Crippen molar-refractivity contribution in [2.75, 3.05) is 40.6 Å². The van der Waals surface area contributed by atoms with Gasteiger partial charge in [0.05, 0.1) is 44.9 Å². The van der Waals surface area contributed by atoms with Crippen LogP contribution < -0.4 is 10.1 Å². The van der Waals surface area contributed by atoms with Gasteiger partial charge in [-0.15, -0.1) is 0 Å². The number of hydrogen-bond acceptors (Lipinski definition) is 5. The molecular formula is C12H23N3O3. The molecule has 0 aliphatic rings. The van der Waals surface area contributed by atoms with E-state index in [0.717, 1.165) is 18.0 Å². The summed E-state index contributed by atoms with van der Waals surface area (Å²) in [5, 5.41) is 7.58. The number of ether oxygens (including phenoxy) is 3. The first-order chi connectivity index (χ1) is 8.74. The molecule has 6 heteroatoms. The van der Waals surface area contributed by atoms with Crippen LogP contribution in [0.4, 0.5) is 0 Å². The van der Waals surface area contributed by atoms with Gasteiger partial charge in [0.1, 0.15) is 0 Å². The molecule has 0 fully saturated rings. The molecule has 1 aromatic rings. The Labute approximate surface area is 108 Å². The third kappa shape index (κ3) is 3.97. The first-order valence-electron chi connectivity index (χ1n) is 6.10. The normalized spacial score (nSPS) is 12.7. The van der Waals surface area contributed by atoms with Gasteiger partial charge < -0.3 is 19.5 Å². The Bertz CT molecular complexity index is 341. The SMILES string of the molecule is CCNC(COCCOC)c1c(OC)cnn1C. The molecule has 0 saturated carbocycles. The summed E-state index contributed by atoms with van der Waals surface area (Å²) < 4.78 is 17.7. The molecule has 0 bridgehead atoms. The minimum atomic E-state index is 0.0642. The van der Waals surface area contributed by atoms with Gasteiger partial charge in [0.15, 0.2) is 5.75 Å². The van der Waals surface area contributed by atoms with Crippen molar-refractivity contribution in [3.8, 4) is 5.75 Å². The minimum Gasteiger partial charge on any atom is -0.493 e. The van der Waals surface area contributed by atoms with E-state index in [9.17, 15) is 0 Å². The summed E-state index contributed by atoms with van der Waals surface area (Å²) >= 11 is 0.